The van der Waals surface area contributed by atoms with Gasteiger partial charge in [0.2, 0.25) is 0 Å². The summed E-state index contributed by atoms with van der Waals surface area (Å²) in [6, 6.07) is 16.0. The van der Waals surface area contributed by atoms with E-state index in [4.69, 9.17) is 9.47 Å². The summed E-state index contributed by atoms with van der Waals surface area (Å²) in [5.41, 5.74) is 3.73. The topological polar surface area (TPSA) is 77.0 Å². The zero-order valence-corrected chi connectivity index (χ0v) is 13.4. The van der Waals surface area contributed by atoms with Gasteiger partial charge in [0.15, 0.2) is 6.10 Å². The maximum Gasteiger partial charge on any atom is 0.308 e. The number of carbonyl (C=O) groups excluding carboxylic acids is 2. The van der Waals surface area contributed by atoms with Gasteiger partial charge in [-0.05, 0) is 17.7 Å². The van der Waals surface area contributed by atoms with E-state index in [1.165, 1.54) is 20.2 Å². The summed E-state index contributed by atoms with van der Waals surface area (Å²) in [6.45, 7) is 1.32. The van der Waals surface area contributed by atoms with E-state index in [1.807, 2.05) is 18.2 Å². The van der Waals surface area contributed by atoms with Gasteiger partial charge in [-0.3, -0.25) is 9.59 Å². The number of benzene rings is 2. The number of carbonyl (C=O) groups is 2. The molecule has 0 spiro atoms. The highest BCUT2D eigenvalue weighted by atomic mass is 16.5. The first-order chi connectivity index (χ1) is 11.6. The number of para-hydroxylation sites is 1. The highest BCUT2D eigenvalue weighted by Crippen LogP contribution is 2.17. The zero-order chi connectivity index (χ0) is 17.4. The molecule has 1 atom stereocenters. The van der Waals surface area contributed by atoms with Gasteiger partial charge in [-0.1, -0.05) is 42.5 Å². The number of amides is 1. The van der Waals surface area contributed by atoms with Crippen LogP contribution in [0.3, 0.4) is 0 Å². The van der Waals surface area contributed by atoms with Crippen LogP contribution in [0.2, 0.25) is 0 Å². The maximum absolute atomic E-state index is 12.2. The number of hydrogen-bond acceptors (Lipinski definition) is 5. The van der Waals surface area contributed by atoms with E-state index in [0.29, 0.717) is 11.3 Å². The van der Waals surface area contributed by atoms with Crippen LogP contribution in [0, 0.1) is 0 Å². The molecule has 124 valence electrons. The maximum atomic E-state index is 12.2. The Hall–Kier alpha value is -2.99. The molecule has 0 fully saturated rings. The number of nitrogens with zero attached hydrogens (tertiary/aromatic N) is 1. The summed E-state index contributed by atoms with van der Waals surface area (Å²) in [4.78, 5) is 23.3. The van der Waals surface area contributed by atoms with E-state index >= 15 is 0 Å². The molecule has 2 aromatic rings. The summed E-state index contributed by atoms with van der Waals surface area (Å²) in [5, 5.41) is 3.91. The van der Waals surface area contributed by atoms with Crippen molar-refractivity contribution >= 4 is 18.1 Å². The van der Waals surface area contributed by atoms with Crippen molar-refractivity contribution in [2.24, 2.45) is 5.10 Å². The van der Waals surface area contributed by atoms with E-state index in [1.54, 1.807) is 36.4 Å². The van der Waals surface area contributed by atoms with Crippen LogP contribution in [0.5, 0.6) is 5.75 Å². The number of hydrazone groups is 1. The third-order valence-corrected chi connectivity index (χ3v) is 3.13. The number of methoxy groups -OCH3 is 1. The summed E-state index contributed by atoms with van der Waals surface area (Å²) in [6.07, 6.45) is 0.653. The predicted octanol–water partition coefficient (Wildman–Crippen LogP) is 2.45. The van der Waals surface area contributed by atoms with Gasteiger partial charge in [0.25, 0.3) is 5.91 Å². The van der Waals surface area contributed by atoms with Gasteiger partial charge in [-0.15, -0.1) is 0 Å². The second-order valence-corrected chi connectivity index (χ2v) is 4.89. The lowest BCUT2D eigenvalue weighted by atomic mass is 10.1. The van der Waals surface area contributed by atoms with E-state index in [2.05, 4.69) is 10.5 Å². The van der Waals surface area contributed by atoms with E-state index in [9.17, 15) is 9.59 Å². The molecule has 1 amide bonds. The number of esters is 1. The Bertz CT molecular complexity index is 729. The highest BCUT2D eigenvalue weighted by molar-refractivity contribution is 5.87. The van der Waals surface area contributed by atoms with Crippen molar-refractivity contribution in [1.29, 1.82) is 0 Å². The second kappa shape index (κ2) is 8.59. The zero-order valence-electron chi connectivity index (χ0n) is 13.4. The van der Waals surface area contributed by atoms with Crippen molar-refractivity contribution in [3.63, 3.8) is 0 Å². The van der Waals surface area contributed by atoms with Crippen molar-refractivity contribution in [1.82, 2.24) is 5.43 Å². The monoisotopic (exact) mass is 326 g/mol. The third kappa shape index (κ3) is 4.76. The highest BCUT2D eigenvalue weighted by Gasteiger charge is 2.19. The van der Waals surface area contributed by atoms with Crippen LogP contribution in [0.25, 0.3) is 0 Å². The molecule has 0 aliphatic heterocycles. The first kappa shape index (κ1) is 17.4. The number of rotatable bonds is 6. The SMILES string of the molecule is COC(C(=O)N/N=C/c1ccccc1OC(C)=O)c1ccccc1. The molecule has 24 heavy (non-hydrogen) atoms. The second-order valence-electron chi connectivity index (χ2n) is 4.89. The Kier molecular flexibility index (Phi) is 6.22. The minimum atomic E-state index is -0.757. The molecule has 0 heterocycles. The van der Waals surface area contributed by atoms with Crippen LogP contribution < -0.4 is 10.2 Å². The van der Waals surface area contributed by atoms with Gasteiger partial charge >= 0.3 is 5.97 Å². The average molecular weight is 326 g/mol. The lowest BCUT2D eigenvalue weighted by molar-refractivity contribution is -0.132. The van der Waals surface area contributed by atoms with Crippen LogP contribution in [-0.4, -0.2) is 25.2 Å². The first-order valence-corrected chi connectivity index (χ1v) is 7.30. The van der Waals surface area contributed by atoms with Crippen molar-refractivity contribution < 1.29 is 19.1 Å². The molecular weight excluding hydrogens is 308 g/mol. The predicted molar refractivity (Wildman–Crippen MR) is 89.7 cm³/mol. The van der Waals surface area contributed by atoms with Crippen molar-refractivity contribution in [2.45, 2.75) is 13.0 Å². The molecule has 2 aromatic carbocycles. The summed E-state index contributed by atoms with van der Waals surface area (Å²) in [7, 11) is 1.46. The van der Waals surface area contributed by atoms with Crippen LogP contribution in [0.15, 0.2) is 59.7 Å². The Morgan fingerprint density at radius 1 is 1.08 bits per heavy atom. The van der Waals surface area contributed by atoms with E-state index in [0.717, 1.165) is 5.56 Å². The van der Waals surface area contributed by atoms with Gasteiger partial charge in [-0.25, -0.2) is 5.43 Å². The number of nitrogens with one attached hydrogen (secondary N) is 1. The van der Waals surface area contributed by atoms with Crippen LogP contribution in [-0.2, 0) is 14.3 Å². The van der Waals surface area contributed by atoms with Crippen LogP contribution >= 0.6 is 0 Å². The van der Waals surface area contributed by atoms with Crippen molar-refractivity contribution in [2.75, 3.05) is 7.11 Å². The van der Waals surface area contributed by atoms with E-state index < -0.39 is 18.0 Å². The van der Waals surface area contributed by atoms with Crippen LogP contribution in [0.1, 0.15) is 24.2 Å². The lowest BCUT2D eigenvalue weighted by Gasteiger charge is -2.13. The summed E-state index contributed by atoms with van der Waals surface area (Å²) in [5.74, 6) is -0.456. The van der Waals surface area contributed by atoms with Gasteiger partial charge in [0.1, 0.15) is 5.75 Å². The fraction of sp³-hybridized carbons (Fsp3) is 0.167. The van der Waals surface area contributed by atoms with Crippen LogP contribution in [0.4, 0.5) is 0 Å². The summed E-state index contributed by atoms with van der Waals surface area (Å²) < 4.78 is 10.3. The standard InChI is InChI=1S/C18H18N2O4/c1-13(21)24-16-11-7-6-10-15(16)12-19-20-18(22)17(23-2)14-8-4-3-5-9-14/h3-12,17H,1-2H3,(H,20,22)/b19-12+. The fourth-order valence-electron chi connectivity index (χ4n) is 2.08. The van der Waals surface area contributed by atoms with E-state index in [-0.39, 0.29) is 0 Å². The molecule has 2 rings (SSSR count). The van der Waals surface area contributed by atoms with Gasteiger partial charge < -0.3 is 9.47 Å². The molecule has 0 bridgehead atoms. The Labute approximate surface area is 140 Å². The van der Waals surface area contributed by atoms with Gasteiger partial charge in [0, 0.05) is 19.6 Å². The Morgan fingerprint density at radius 2 is 1.75 bits per heavy atom. The fourth-order valence-corrected chi connectivity index (χ4v) is 2.08. The quantitative estimate of drug-likeness (QED) is 0.383. The molecule has 1 unspecified atom stereocenters. The Balaban J connectivity index is 2.06. The lowest BCUT2D eigenvalue weighted by Crippen LogP contribution is -2.26. The van der Waals surface area contributed by atoms with Crippen molar-refractivity contribution in [3.05, 3.63) is 65.7 Å². The largest absolute Gasteiger partial charge is 0.426 e. The molecule has 0 aliphatic rings. The minimum Gasteiger partial charge on any atom is -0.426 e. The summed E-state index contributed by atoms with van der Waals surface area (Å²) >= 11 is 0. The number of ether oxygens (including phenoxy) is 2. The molecule has 0 radical (unpaired) electrons. The average Bonchev–Trinajstić information content (AvgIpc) is 2.57. The number of hydrogen-bond donors (Lipinski definition) is 1. The minimum absolute atomic E-state index is 0.370. The van der Waals surface area contributed by atoms with Gasteiger partial charge in [0.05, 0.1) is 6.21 Å². The Morgan fingerprint density at radius 3 is 2.42 bits per heavy atom. The molecular formula is C18H18N2O4. The molecule has 1 N–H and O–H groups in total. The molecule has 6 heteroatoms. The molecule has 0 aliphatic carbocycles. The molecule has 0 aromatic heterocycles. The normalized spacial score (nSPS) is 11.9. The molecule has 0 saturated heterocycles. The molecule has 0 saturated carbocycles. The molecule has 6 nitrogen and oxygen atoms in total. The third-order valence-electron chi connectivity index (χ3n) is 3.13. The smallest absolute Gasteiger partial charge is 0.308 e. The first-order valence-electron chi connectivity index (χ1n) is 7.30. The van der Waals surface area contributed by atoms with Gasteiger partial charge in [-0.2, -0.15) is 5.10 Å². The van der Waals surface area contributed by atoms with Crippen molar-refractivity contribution in [3.8, 4) is 5.75 Å².